The van der Waals surface area contributed by atoms with Gasteiger partial charge in [0, 0.05) is 18.2 Å². The third-order valence-electron chi connectivity index (χ3n) is 3.89. The van der Waals surface area contributed by atoms with Crippen LogP contribution in [0.2, 0.25) is 0 Å². The summed E-state index contributed by atoms with van der Waals surface area (Å²) in [5, 5.41) is 12.2. The molecule has 1 aliphatic rings. The van der Waals surface area contributed by atoms with Crippen LogP contribution in [0.4, 0.5) is 11.5 Å². The van der Waals surface area contributed by atoms with E-state index < -0.39 is 5.60 Å². The van der Waals surface area contributed by atoms with E-state index in [4.69, 9.17) is 4.74 Å². The van der Waals surface area contributed by atoms with Crippen molar-refractivity contribution in [1.82, 2.24) is 9.97 Å². The van der Waals surface area contributed by atoms with Gasteiger partial charge in [-0.15, -0.1) is 0 Å². The minimum absolute atomic E-state index is 0.272. The molecule has 0 unspecified atom stereocenters. The Morgan fingerprint density at radius 1 is 1.26 bits per heavy atom. The van der Waals surface area contributed by atoms with E-state index in [1.807, 2.05) is 30.9 Å². The number of rotatable bonds is 1. The average Bonchev–Trinajstić information content (AvgIpc) is 2.83. The monoisotopic (exact) mass is 312 g/mol. The van der Waals surface area contributed by atoms with Gasteiger partial charge in [0.2, 0.25) is 0 Å². The zero-order valence-electron chi connectivity index (χ0n) is 12.8. The van der Waals surface area contributed by atoms with Gasteiger partial charge in [-0.1, -0.05) is 6.07 Å². The molecule has 3 heterocycles. The summed E-state index contributed by atoms with van der Waals surface area (Å²) in [5.74, 6) is 1.15. The Morgan fingerprint density at radius 2 is 2.00 bits per heavy atom. The minimum atomic E-state index is -0.472. The Balaban J connectivity index is 1.96. The van der Waals surface area contributed by atoms with Crippen molar-refractivity contribution in [1.29, 1.82) is 0 Å². The van der Waals surface area contributed by atoms with Crippen LogP contribution in [0.3, 0.4) is 0 Å². The number of pyridine rings is 1. The molecule has 4 rings (SSSR count). The fraction of sp³-hybridized carbons (Fsp3) is 0.250. The summed E-state index contributed by atoms with van der Waals surface area (Å²) in [5.41, 5.74) is 1.36. The van der Waals surface area contributed by atoms with Gasteiger partial charge >= 0.3 is 5.69 Å². The van der Waals surface area contributed by atoms with Crippen LogP contribution in [-0.2, 0) is 0 Å². The highest BCUT2D eigenvalue weighted by Gasteiger charge is 2.38. The maximum Gasteiger partial charge on any atom is 0.323 e. The molecule has 0 bridgehead atoms. The average molecular weight is 312 g/mol. The topological polar surface area (TPSA) is 88.1 Å². The molecule has 0 atom stereocenters. The summed E-state index contributed by atoms with van der Waals surface area (Å²) in [7, 11) is 0. The Morgan fingerprint density at radius 3 is 2.74 bits per heavy atom. The first-order chi connectivity index (χ1) is 10.9. The van der Waals surface area contributed by atoms with Crippen LogP contribution >= 0.6 is 0 Å². The fourth-order valence-corrected chi connectivity index (χ4v) is 2.97. The lowest BCUT2D eigenvalue weighted by Gasteiger charge is -2.36. The standard InChI is InChI=1S/C16H16N4O3/c1-16(2)9-19(14-5-3-4-6-20(14)22)12-7-10-11(8-13(12)23-16)18-15(21)17-10/h3-8H,9H2,1-2H3,(H2,17,18,21). The molecule has 0 saturated heterocycles. The number of fused-ring (bicyclic) bond motifs is 2. The number of hydrogen-bond donors (Lipinski definition) is 2. The van der Waals surface area contributed by atoms with Gasteiger partial charge in [-0.2, -0.15) is 0 Å². The quantitative estimate of drug-likeness (QED) is 0.530. The zero-order chi connectivity index (χ0) is 16.2. The first kappa shape index (κ1) is 13.7. The highest BCUT2D eigenvalue weighted by atomic mass is 16.5. The Hall–Kier alpha value is -2.96. The number of ether oxygens (including phenoxy) is 1. The third kappa shape index (κ3) is 2.21. The first-order valence-corrected chi connectivity index (χ1v) is 7.34. The highest BCUT2D eigenvalue weighted by molar-refractivity contribution is 5.85. The molecule has 3 aromatic rings. The summed E-state index contributed by atoms with van der Waals surface area (Å²) in [6.45, 7) is 4.45. The molecule has 1 aliphatic heterocycles. The van der Waals surface area contributed by atoms with Gasteiger partial charge in [0.05, 0.1) is 17.2 Å². The highest BCUT2D eigenvalue weighted by Crippen LogP contribution is 2.41. The summed E-state index contributed by atoms with van der Waals surface area (Å²) in [6, 6.07) is 8.89. The van der Waals surface area contributed by atoms with Gasteiger partial charge < -0.3 is 19.9 Å². The molecule has 0 spiro atoms. The summed E-state index contributed by atoms with van der Waals surface area (Å²) in [6.07, 6.45) is 1.47. The van der Waals surface area contributed by atoms with Crippen molar-refractivity contribution in [2.24, 2.45) is 0 Å². The Bertz CT molecular complexity index is 957. The van der Waals surface area contributed by atoms with E-state index >= 15 is 0 Å². The molecule has 0 amide bonds. The van der Waals surface area contributed by atoms with Crippen LogP contribution in [-0.4, -0.2) is 22.1 Å². The fourth-order valence-electron chi connectivity index (χ4n) is 2.97. The van der Waals surface area contributed by atoms with Crippen molar-refractivity contribution in [3.63, 3.8) is 0 Å². The van der Waals surface area contributed by atoms with Crippen LogP contribution in [0.5, 0.6) is 5.75 Å². The van der Waals surface area contributed by atoms with Crippen LogP contribution < -0.4 is 20.1 Å². The van der Waals surface area contributed by atoms with Crippen molar-refractivity contribution in [2.75, 3.05) is 11.4 Å². The van der Waals surface area contributed by atoms with E-state index in [0.29, 0.717) is 29.1 Å². The van der Waals surface area contributed by atoms with E-state index in [1.165, 1.54) is 6.20 Å². The number of hydrogen-bond acceptors (Lipinski definition) is 4. The molecule has 118 valence electrons. The Kier molecular flexibility index (Phi) is 2.69. The molecule has 0 aliphatic carbocycles. The predicted octanol–water partition coefficient (Wildman–Crippen LogP) is 1.80. The molecule has 7 heteroatoms. The number of nitrogens with zero attached hydrogens (tertiary/aromatic N) is 2. The van der Waals surface area contributed by atoms with Gasteiger partial charge in [-0.3, -0.25) is 0 Å². The number of aromatic nitrogens is 3. The lowest BCUT2D eigenvalue weighted by Crippen LogP contribution is -2.48. The van der Waals surface area contributed by atoms with Crippen molar-refractivity contribution >= 4 is 22.5 Å². The minimum Gasteiger partial charge on any atom is -0.711 e. The van der Waals surface area contributed by atoms with Crippen molar-refractivity contribution in [2.45, 2.75) is 19.4 Å². The summed E-state index contributed by atoms with van der Waals surface area (Å²) < 4.78 is 6.87. The maximum atomic E-state index is 12.2. The number of aromatic amines is 2. The number of H-pyrrole nitrogens is 2. The molecule has 0 saturated carbocycles. The molecule has 0 radical (unpaired) electrons. The van der Waals surface area contributed by atoms with Gasteiger partial charge in [0.15, 0.2) is 11.4 Å². The van der Waals surface area contributed by atoms with Gasteiger partial charge in [0.1, 0.15) is 12.1 Å². The molecule has 0 fully saturated rings. The number of nitrogens with one attached hydrogen (secondary N) is 2. The summed E-state index contributed by atoms with van der Waals surface area (Å²) >= 11 is 0. The third-order valence-corrected chi connectivity index (χ3v) is 3.89. The van der Waals surface area contributed by atoms with Crippen LogP contribution in [0.15, 0.2) is 41.3 Å². The maximum absolute atomic E-state index is 12.2. The largest absolute Gasteiger partial charge is 0.711 e. The molecule has 2 aromatic heterocycles. The van der Waals surface area contributed by atoms with Crippen LogP contribution in [0.25, 0.3) is 11.0 Å². The SMILES string of the molecule is CC1(C)CN(c2cccc[n+]2[O-])c2cc3[nH]c(=O)[nH]c3cc2O1. The molecular formula is C16H16N4O3. The zero-order valence-corrected chi connectivity index (χ0v) is 12.8. The smallest absolute Gasteiger partial charge is 0.323 e. The van der Waals surface area contributed by atoms with Gasteiger partial charge in [-0.05, 0) is 19.9 Å². The lowest BCUT2D eigenvalue weighted by molar-refractivity contribution is -0.592. The van der Waals surface area contributed by atoms with Crippen LogP contribution in [0.1, 0.15) is 13.8 Å². The van der Waals surface area contributed by atoms with Crippen molar-refractivity contribution < 1.29 is 9.47 Å². The van der Waals surface area contributed by atoms with Crippen molar-refractivity contribution in [3.05, 3.63) is 52.2 Å². The first-order valence-electron chi connectivity index (χ1n) is 7.34. The molecule has 2 N–H and O–H groups in total. The van der Waals surface area contributed by atoms with Gasteiger partial charge in [-0.25, -0.2) is 14.4 Å². The number of anilines is 2. The van der Waals surface area contributed by atoms with E-state index in [2.05, 4.69) is 9.97 Å². The summed E-state index contributed by atoms with van der Waals surface area (Å²) in [4.78, 5) is 18.9. The molecule has 7 nitrogen and oxygen atoms in total. The molecular weight excluding hydrogens is 296 g/mol. The van der Waals surface area contributed by atoms with Crippen molar-refractivity contribution in [3.8, 4) is 5.75 Å². The second kappa shape index (κ2) is 4.52. The van der Waals surface area contributed by atoms with E-state index in [0.717, 1.165) is 10.4 Å². The Labute approximate surface area is 131 Å². The molecule has 1 aromatic carbocycles. The predicted molar refractivity (Wildman–Crippen MR) is 86.0 cm³/mol. The van der Waals surface area contributed by atoms with Crippen LogP contribution in [0, 0.1) is 5.21 Å². The number of imidazole rings is 1. The second-order valence-corrected chi connectivity index (χ2v) is 6.28. The van der Waals surface area contributed by atoms with E-state index in [9.17, 15) is 10.0 Å². The lowest BCUT2D eigenvalue weighted by atomic mass is 10.0. The van der Waals surface area contributed by atoms with E-state index in [1.54, 1.807) is 18.2 Å². The number of benzene rings is 1. The second-order valence-electron chi connectivity index (χ2n) is 6.28. The van der Waals surface area contributed by atoms with Gasteiger partial charge in [0.25, 0.3) is 5.82 Å². The normalized spacial score (nSPS) is 16.2. The molecule has 23 heavy (non-hydrogen) atoms. The van der Waals surface area contributed by atoms with E-state index in [-0.39, 0.29) is 5.69 Å².